The van der Waals surface area contributed by atoms with E-state index in [1.165, 1.54) is 19.2 Å². The van der Waals surface area contributed by atoms with Crippen molar-refractivity contribution >= 4 is 15.7 Å². The zero-order valence-corrected chi connectivity index (χ0v) is 10.6. The van der Waals surface area contributed by atoms with Crippen LogP contribution in [0.4, 0.5) is 5.69 Å². The molecular formula is C11H16N2O3S. The maximum absolute atomic E-state index is 12.1. The van der Waals surface area contributed by atoms with E-state index in [4.69, 9.17) is 10.5 Å². The van der Waals surface area contributed by atoms with Gasteiger partial charge in [-0.2, -0.15) is 0 Å². The molecule has 2 unspecified atom stereocenters. The van der Waals surface area contributed by atoms with Crippen LogP contribution in [0.25, 0.3) is 0 Å². The summed E-state index contributed by atoms with van der Waals surface area (Å²) < 4.78 is 31.9. The van der Waals surface area contributed by atoms with E-state index >= 15 is 0 Å². The number of sulfonamides is 1. The van der Waals surface area contributed by atoms with Gasteiger partial charge in [-0.25, -0.2) is 13.1 Å². The highest BCUT2D eigenvalue weighted by Gasteiger charge is 2.37. The number of nitrogens with two attached hydrogens (primary N) is 1. The van der Waals surface area contributed by atoms with Crippen molar-refractivity contribution in [1.82, 2.24) is 4.72 Å². The summed E-state index contributed by atoms with van der Waals surface area (Å²) in [4.78, 5) is 0.133. The fourth-order valence-corrected chi connectivity index (χ4v) is 3.16. The number of hydrogen-bond acceptors (Lipinski definition) is 4. The van der Waals surface area contributed by atoms with E-state index in [-0.39, 0.29) is 16.7 Å². The normalized spacial score (nSPS) is 23.4. The van der Waals surface area contributed by atoms with Crippen molar-refractivity contribution in [3.05, 3.63) is 18.2 Å². The fourth-order valence-electron chi connectivity index (χ4n) is 1.66. The molecule has 0 bridgehead atoms. The molecule has 0 amide bonds. The lowest BCUT2D eigenvalue weighted by atomic mass is 10.3. The molecule has 0 heterocycles. The smallest absolute Gasteiger partial charge is 0.244 e. The third kappa shape index (κ3) is 2.53. The summed E-state index contributed by atoms with van der Waals surface area (Å²) in [5.74, 6) is 0.676. The lowest BCUT2D eigenvalue weighted by molar-refractivity contribution is 0.402. The van der Waals surface area contributed by atoms with Crippen LogP contribution in [0.2, 0.25) is 0 Å². The van der Waals surface area contributed by atoms with Gasteiger partial charge in [0.15, 0.2) is 0 Å². The molecule has 0 aromatic heterocycles. The summed E-state index contributed by atoms with van der Waals surface area (Å²) in [6, 6.07) is 4.56. The number of methoxy groups -OCH3 is 1. The molecule has 1 aliphatic carbocycles. The van der Waals surface area contributed by atoms with Crippen molar-refractivity contribution < 1.29 is 13.2 Å². The highest BCUT2D eigenvalue weighted by atomic mass is 32.2. The summed E-state index contributed by atoms with van der Waals surface area (Å²) in [5.41, 5.74) is 6.06. The first kappa shape index (κ1) is 12.2. The van der Waals surface area contributed by atoms with E-state index in [1.807, 2.05) is 6.92 Å². The molecule has 0 saturated heterocycles. The molecule has 0 aliphatic heterocycles. The Morgan fingerprint density at radius 1 is 1.47 bits per heavy atom. The highest BCUT2D eigenvalue weighted by molar-refractivity contribution is 7.89. The van der Waals surface area contributed by atoms with Crippen LogP contribution in [0.15, 0.2) is 23.1 Å². The summed E-state index contributed by atoms with van der Waals surface area (Å²) in [5, 5.41) is 0. The van der Waals surface area contributed by atoms with E-state index < -0.39 is 10.0 Å². The van der Waals surface area contributed by atoms with Crippen molar-refractivity contribution in [2.45, 2.75) is 24.3 Å². The minimum absolute atomic E-state index is 0.0438. The fraction of sp³-hybridized carbons (Fsp3) is 0.455. The zero-order valence-electron chi connectivity index (χ0n) is 9.80. The average molecular weight is 256 g/mol. The van der Waals surface area contributed by atoms with Crippen LogP contribution in [-0.4, -0.2) is 21.6 Å². The molecule has 0 spiro atoms. The van der Waals surface area contributed by atoms with E-state index in [9.17, 15) is 8.42 Å². The van der Waals surface area contributed by atoms with Crippen LogP contribution in [0, 0.1) is 5.92 Å². The Balaban J connectivity index is 2.32. The minimum Gasteiger partial charge on any atom is -0.495 e. The topological polar surface area (TPSA) is 81.4 Å². The molecule has 1 aliphatic rings. The summed E-state index contributed by atoms with van der Waals surface area (Å²) in [7, 11) is -2.10. The maximum atomic E-state index is 12.1. The van der Waals surface area contributed by atoms with E-state index in [0.717, 1.165) is 6.42 Å². The average Bonchev–Trinajstić information content (AvgIpc) is 2.92. The number of rotatable bonds is 4. The van der Waals surface area contributed by atoms with Crippen molar-refractivity contribution in [2.75, 3.05) is 12.8 Å². The van der Waals surface area contributed by atoms with Crippen molar-refractivity contribution in [2.24, 2.45) is 5.92 Å². The third-order valence-electron chi connectivity index (χ3n) is 2.89. The molecule has 1 aromatic rings. The number of ether oxygens (including phenoxy) is 1. The zero-order chi connectivity index (χ0) is 12.6. The Bertz CT molecular complexity index is 528. The Kier molecular flexibility index (Phi) is 3.01. The quantitative estimate of drug-likeness (QED) is 0.786. The molecule has 1 saturated carbocycles. The predicted octanol–water partition coefficient (Wildman–Crippen LogP) is 0.964. The first-order valence-corrected chi connectivity index (χ1v) is 6.88. The largest absolute Gasteiger partial charge is 0.495 e. The molecule has 17 heavy (non-hydrogen) atoms. The first-order chi connectivity index (χ1) is 7.94. The number of benzene rings is 1. The highest BCUT2D eigenvalue weighted by Crippen LogP contribution is 2.32. The molecule has 3 N–H and O–H groups in total. The molecule has 94 valence electrons. The first-order valence-electron chi connectivity index (χ1n) is 5.40. The summed E-state index contributed by atoms with van der Waals surface area (Å²) >= 11 is 0. The van der Waals surface area contributed by atoms with Gasteiger partial charge in [0.25, 0.3) is 0 Å². The van der Waals surface area contributed by atoms with Crippen LogP contribution in [0.1, 0.15) is 13.3 Å². The number of nitrogens with one attached hydrogen (secondary N) is 1. The molecule has 0 radical (unpaired) electrons. The maximum Gasteiger partial charge on any atom is 0.244 e. The summed E-state index contributed by atoms with van der Waals surface area (Å²) in [6.45, 7) is 2.01. The van der Waals surface area contributed by atoms with Crippen molar-refractivity contribution in [3.8, 4) is 5.75 Å². The molecule has 2 rings (SSSR count). The van der Waals surface area contributed by atoms with Gasteiger partial charge in [-0.05, 0) is 24.5 Å². The van der Waals surface area contributed by atoms with E-state index in [0.29, 0.717) is 11.6 Å². The lowest BCUT2D eigenvalue weighted by Crippen LogP contribution is -2.27. The van der Waals surface area contributed by atoms with Crippen molar-refractivity contribution in [1.29, 1.82) is 0 Å². The number of nitrogen functional groups attached to an aromatic ring is 1. The molecule has 1 fully saturated rings. The van der Waals surface area contributed by atoms with Crippen LogP contribution in [0.3, 0.4) is 0 Å². The van der Waals surface area contributed by atoms with E-state index in [1.54, 1.807) is 6.07 Å². The van der Waals surface area contributed by atoms with Gasteiger partial charge in [0.2, 0.25) is 10.0 Å². The number of anilines is 1. The molecular weight excluding hydrogens is 240 g/mol. The Hall–Kier alpha value is -1.27. The molecule has 6 heteroatoms. The van der Waals surface area contributed by atoms with Crippen LogP contribution < -0.4 is 15.2 Å². The van der Waals surface area contributed by atoms with Gasteiger partial charge < -0.3 is 10.5 Å². The Labute approximate surface area is 101 Å². The molecule has 2 atom stereocenters. The van der Waals surface area contributed by atoms with Crippen LogP contribution in [0.5, 0.6) is 5.75 Å². The second-order valence-corrected chi connectivity index (χ2v) is 6.03. The van der Waals surface area contributed by atoms with Gasteiger partial charge in [-0.15, -0.1) is 0 Å². The van der Waals surface area contributed by atoms with Crippen molar-refractivity contribution in [3.63, 3.8) is 0 Å². The number of hydrogen-bond donors (Lipinski definition) is 2. The predicted molar refractivity (Wildman–Crippen MR) is 65.3 cm³/mol. The van der Waals surface area contributed by atoms with E-state index in [2.05, 4.69) is 4.72 Å². The molecule has 1 aromatic carbocycles. The lowest BCUT2D eigenvalue weighted by Gasteiger charge is -2.10. The second kappa shape index (κ2) is 4.19. The van der Waals surface area contributed by atoms with Crippen LogP contribution in [-0.2, 0) is 10.0 Å². The van der Waals surface area contributed by atoms with Gasteiger partial charge >= 0.3 is 0 Å². The Morgan fingerprint density at radius 3 is 2.65 bits per heavy atom. The Morgan fingerprint density at radius 2 is 2.12 bits per heavy atom. The standard InChI is InChI=1S/C11H16N2O3S/c1-7-5-9(7)13-17(14,15)11-4-3-8(12)6-10(11)16-2/h3-4,6-7,9,13H,5,12H2,1-2H3. The van der Waals surface area contributed by atoms with Gasteiger partial charge in [-0.3, -0.25) is 0 Å². The minimum atomic E-state index is -3.52. The van der Waals surface area contributed by atoms with Crippen LogP contribution >= 0.6 is 0 Å². The van der Waals surface area contributed by atoms with Gasteiger partial charge in [0.1, 0.15) is 10.6 Å². The van der Waals surface area contributed by atoms with Gasteiger partial charge in [0.05, 0.1) is 7.11 Å². The van der Waals surface area contributed by atoms with Gasteiger partial charge in [-0.1, -0.05) is 6.92 Å². The second-order valence-electron chi connectivity index (χ2n) is 4.35. The monoisotopic (exact) mass is 256 g/mol. The third-order valence-corrected chi connectivity index (χ3v) is 4.42. The SMILES string of the molecule is COc1cc(N)ccc1S(=O)(=O)NC1CC1C. The van der Waals surface area contributed by atoms with Gasteiger partial charge in [0, 0.05) is 17.8 Å². The summed E-state index contributed by atoms with van der Waals surface area (Å²) in [6.07, 6.45) is 0.885. The molecule has 5 nitrogen and oxygen atoms in total.